The number of nitrogens with zero attached hydrogens (tertiary/aromatic N) is 4. The van der Waals surface area contributed by atoms with Gasteiger partial charge in [0.1, 0.15) is 35.4 Å². The van der Waals surface area contributed by atoms with E-state index in [2.05, 4.69) is 54.4 Å². The summed E-state index contributed by atoms with van der Waals surface area (Å²) in [5.41, 5.74) is 1.19. The molecule has 54 heavy (non-hydrogen) atoms. The minimum atomic E-state index is -1.16. The van der Waals surface area contributed by atoms with Crippen molar-refractivity contribution in [1.82, 2.24) is 14.5 Å². The maximum Gasteiger partial charge on any atom is 0.351 e. The molecule has 1 aliphatic rings. The lowest BCUT2D eigenvalue weighted by atomic mass is 9.80. The van der Waals surface area contributed by atoms with Crippen molar-refractivity contribution in [3.8, 4) is 23.3 Å². The average Bonchev–Trinajstić information content (AvgIpc) is 3.49. The lowest BCUT2D eigenvalue weighted by Gasteiger charge is -2.37. The van der Waals surface area contributed by atoms with Crippen LogP contribution in [0.5, 0.6) is 11.5 Å². The zero-order chi connectivity index (χ0) is 38.8. The van der Waals surface area contributed by atoms with E-state index in [4.69, 9.17) is 23.7 Å². The minimum absolute atomic E-state index is 0.0712. The van der Waals surface area contributed by atoms with Crippen LogP contribution in [0.25, 0.3) is 0 Å². The van der Waals surface area contributed by atoms with Gasteiger partial charge in [0, 0.05) is 26.4 Å². The first-order chi connectivity index (χ1) is 26.0. The van der Waals surface area contributed by atoms with Gasteiger partial charge in [-0.3, -0.25) is 4.57 Å². The van der Waals surface area contributed by atoms with Gasteiger partial charge in [0.05, 0.1) is 32.7 Å². The van der Waals surface area contributed by atoms with E-state index in [-0.39, 0.29) is 12.4 Å². The molecule has 11 nitrogen and oxygen atoms in total. The molecular formula is C43H52N4O7. The van der Waals surface area contributed by atoms with Crippen LogP contribution in [0.1, 0.15) is 63.1 Å². The van der Waals surface area contributed by atoms with E-state index in [0.717, 1.165) is 29.8 Å². The molecule has 4 unspecified atom stereocenters. The molecule has 286 valence electrons. The molecular weight excluding hydrogens is 684 g/mol. The maximum absolute atomic E-state index is 13.7. The Labute approximate surface area is 318 Å². The SMILES string of the molecule is CC#Cc1cn(C2OC(COC(c3ccccc3)(c3ccc(OC)cc3)c3ccc(OC)cc3)C(O)C2OC)c(=O)nc1N=CN(CC(C)C)CC(C)C. The zero-order valence-corrected chi connectivity index (χ0v) is 32.4. The van der Waals surface area contributed by atoms with Crippen molar-refractivity contribution in [3.63, 3.8) is 0 Å². The van der Waals surface area contributed by atoms with E-state index in [0.29, 0.717) is 28.9 Å². The van der Waals surface area contributed by atoms with Crippen LogP contribution in [0, 0.1) is 23.7 Å². The number of aliphatic hydroxyl groups is 1. The second-order valence-corrected chi connectivity index (χ2v) is 14.1. The molecule has 4 atom stereocenters. The standard InChI is InChI=1S/C43H52N4O7/c1-9-13-31-26-47(42(49)45-40(31)44-28-46(24-29(2)3)25-30(4)5)41-39(52-8)38(48)37(54-41)27-53-43(32-14-11-10-12-15-32,33-16-20-35(50-6)21-17-33)34-18-22-36(51-7)23-19-34/h10-12,14-23,26,28-30,37-39,41,48H,24-25,27H2,1-8H3. The summed E-state index contributed by atoms with van der Waals surface area (Å²) in [5, 5.41) is 11.7. The number of aliphatic imine (C=N–C) groups is 1. The Kier molecular flexibility index (Phi) is 13.7. The highest BCUT2D eigenvalue weighted by atomic mass is 16.6. The van der Waals surface area contributed by atoms with Crippen molar-refractivity contribution in [2.75, 3.05) is 41.0 Å². The Morgan fingerprint density at radius 2 is 1.46 bits per heavy atom. The molecule has 1 aromatic heterocycles. The molecule has 1 aliphatic heterocycles. The van der Waals surface area contributed by atoms with Gasteiger partial charge in [-0.15, -0.1) is 5.92 Å². The lowest BCUT2D eigenvalue weighted by molar-refractivity contribution is -0.0966. The Bertz CT molecular complexity index is 1890. The van der Waals surface area contributed by atoms with Crippen LogP contribution in [0.3, 0.4) is 0 Å². The summed E-state index contributed by atoms with van der Waals surface area (Å²) in [4.78, 5) is 24.7. The van der Waals surface area contributed by atoms with Gasteiger partial charge in [-0.1, -0.05) is 88.2 Å². The second-order valence-electron chi connectivity index (χ2n) is 14.1. The normalized spacial score (nSPS) is 18.6. The molecule has 3 aromatic carbocycles. The number of rotatable bonds is 16. The summed E-state index contributed by atoms with van der Waals surface area (Å²) < 4.78 is 31.5. The van der Waals surface area contributed by atoms with Crippen LogP contribution in [0.4, 0.5) is 5.82 Å². The van der Waals surface area contributed by atoms with Crippen molar-refractivity contribution < 1.29 is 28.8 Å². The van der Waals surface area contributed by atoms with Gasteiger partial charge < -0.3 is 33.7 Å². The van der Waals surface area contributed by atoms with Crippen LogP contribution < -0.4 is 15.2 Å². The van der Waals surface area contributed by atoms with Gasteiger partial charge >= 0.3 is 5.69 Å². The van der Waals surface area contributed by atoms with Crippen molar-refractivity contribution >= 4 is 12.2 Å². The van der Waals surface area contributed by atoms with Crippen LogP contribution in [-0.2, 0) is 19.8 Å². The zero-order valence-electron chi connectivity index (χ0n) is 32.4. The van der Waals surface area contributed by atoms with Crippen molar-refractivity contribution in [2.45, 2.75) is 64.8 Å². The number of aromatic nitrogens is 2. The fraction of sp³-hybridized carbons (Fsp3) is 0.419. The summed E-state index contributed by atoms with van der Waals surface area (Å²) in [7, 11) is 4.71. The topological polar surface area (TPSA) is 117 Å². The Balaban J connectivity index is 1.51. The average molecular weight is 737 g/mol. The smallest absolute Gasteiger partial charge is 0.351 e. The molecule has 1 saturated heterocycles. The first kappa shape index (κ1) is 40.2. The van der Waals surface area contributed by atoms with E-state index < -0.39 is 35.8 Å². The molecule has 0 aliphatic carbocycles. The highest BCUT2D eigenvalue weighted by molar-refractivity contribution is 5.63. The van der Waals surface area contributed by atoms with Crippen LogP contribution in [0.2, 0.25) is 0 Å². The lowest BCUT2D eigenvalue weighted by Crippen LogP contribution is -2.40. The number of ether oxygens (including phenoxy) is 5. The third-order valence-electron chi connectivity index (χ3n) is 9.23. The van der Waals surface area contributed by atoms with Crippen LogP contribution in [-0.4, -0.2) is 85.2 Å². The van der Waals surface area contributed by atoms with Gasteiger partial charge in [0.2, 0.25) is 0 Å². The Morgan fingerprint density at radius 3 is 1.96 bits per heavy atom. The van der Waals surface area contributed by atoms with E-state index in [1.54, 1.807) is 33.7 Å². The quantitative estimate of drug-likeness (QED) is 0.0623. The van der Waals surface area contributed by atoms with E-state index in [1.165, 1.54) is 11.7 Å². The largest absolute Gasteiger partial charge is 0.497 e. The second kappa shape index (κ2) is 18.4. The molecule has 1 fully saturated rings. The van der Waals surface area contributed by atoms with Crippen LogP contribution in [0.15, 0.2) is 94.8 Å². The number of hydrogen-bond donors (Lipinski definition) is 1. The Hall–Kier alpha value is -4.99. The number of benzene rings is 3. The molecule has 0 amide bonds. The van der Waals surface area contributed by atoms with Gasteiger partial charge in [0.25, 0.3) is 0 Å². The van der Waals surface area contributed by atoms with E-state index in [9.17, 15) is 9.90 Å². The minimum Gasteiger partial charge on any atom is -0.497 e. The molecule has 11 heteroatoms. The summed E-state index contributed by atoms with van der Waals surface area (Å²) in [5.74, 6) is 8.39. The molecule has 5 rings (SSSR count). The molecule has 2 heterocycles. The van der Waals surface area contributed by atoms with Gasteiger partial charge in [-0.05, 0) is 59.7 Å². The first-order valence-corrected chi connectivity index (χ1v) is 18.2. The predicted molar refractivity (Wildman–Crippen MR) is 209 cm³/mol. The summed E-state index contributed by atoms with van der Waals surface area (Å²) in [6.45, 7) is 11.8. The third kappa shape index (κ3) is 9.02. The number of hydrogen-bond acceptors (Lipinski definition) is 9. The fourth-order valence-electron chi connectivity index (χ4n) is 6.82. The number of aliphatic hydroxyl groups excluding tert-OH is 1. The van der Waals surface area contributed by atoms with Crippen LogP contribution >= 0.6 is 0 Å². The summed E-state index contributed by atoms with van der Waals surface area (Å²) >= 11 is 0. The van der Waals surface area contributed by atoms with Gasteiger partial charge in [-0.2, -0.15) is 4.98 Å². The fourth-order valence-corrected chi connectivity index (χ4v) is 6.82. The van der Waals surface area contributed by atoms with Crippen molar-refractivity contribution in [3.05, 3.63) is 118 Å². The monoisotopic (exact) mass is 736 g/mol. The molecule has 1 N–H and O–H groups in total. The van der Waals surface area contributed by atoms with Crippen molar-refractivity contribution in [1.29, 1.82) is 0 Å². The third-order valence-corrected chi connectivity index (χ3v) is 9.23. The molecule has 0 spiro atoms. The predicted octanol–water partition coefficient (Wildman–Crippen LogP) is 6.19. The maximum atomic E-state index is 13.7. The highest BCUT2D eigenvalue weighted by Gasteiger charge is 2.48. The van der Waals surface area contributed by atoms with Crippen molar-refractivity contribution in [2.24, 2.45) is 16.8 Å². The number of methoxy groups -OCH3 is 3. The molecule has 0 radical (unpaired) electrons. The first-order valence-electron chi connectivity index (χ1n) is 18.2. The van der Waals surface area contributed by atoms with Gasteiger partial charge in [0.15, 0.2) is 12.0 Å². The molecule has 0 saturated carbocycles. The van der Waals surface area contributed by atoms with Gasteiger partial charge in [-0.25, -0.2) is 9.79 Å². The summed E-state index contributed by atoms with van der Waals surface area (Å²) in [6.07, 6.45) is -0.699. The van der Waals surface area contributed by atoms with E-state index >= 15 is 0 Å². The Morgan fingerprint density at radius 1 is 0.907 bits per heavy atom. The summed E-state index contributed by atoms with van der Waals surface area (Å²) in [6, 6.07) is 25.2. The van der Waals surface area contributed by atoms with E-state index in [1.807, 2.05) is 78.9 Å². The highest BCUT2D eigenvalue weighted by Crippen LogP contribution is 2.43. The molecule has 0 bridgehead atoms. The molecule has 4 aromatic rings.